The lowest BCUT2D eigenvalue weighted by Crippen LogP contribution is -2.43. The predicted octanol–water partition coefficient (Wildman–Crippen LogP) is 6.03. The molecule has 2 rings (SSSR count). The molecule has 0 radical (unpaired) electrons. The summed E-state index contributed by atoms with van der Waals surface area (Å²) in [4.78, 5) is 5.01. The zero-order valence-electron chi connectivity index (χ0n) is 15.5. The van der Waals surface area contributed by atoms with Crippen molar-refractivity contribution < 1.29 is 13.3 Å². The molecule has 1 N–H and O–H groups in total. The topological polar surface area (TPSA) is 48.0 Å². The molecule has 0 bridgehead atoms. The number of halogens is 3. The molecular weight excluding hydrogens is 454 g/mol. The van der Waals surface area contributed by atoms with Crippen molar-refractivity contribution in [1.82, 2.24) is 9.71 Å². The van der Waals surface area contributed by atoms with Crippen molar-refractivity contribution in [3.63, 3.8) is 0 Å². The fraction of sp³-hybridized carbons (Fsp3) is 0.421. The molecule has 1 aromatic carbocycles. The van der Waals surface area contributed by atoms with Gasteiger partial charge in [-0.25, -0.2) is 13.8 Å². The highest BCUT2D eigenvalue weighted by molar-refractivity contribution is 9.10. The van der Waals surface area contributed by atoms with Crippen LogP contribution in [0.4, 0.5) is 8.78 Å². The summed E-state index contributed by atoms with van der Waals surface area (Å²) < 4.78 is 44.6. The quantitative estimate of drug-likeness (QED) is 0.373. The van der Waals surface area contributed by atoms with Crippen molar-refractivity contribution >= 4 is 38.6 Å². The van der Waals surface area contributed by atoms with Crippen LogP contribution >= 0.6 is 27.3 Å². The van der Waals surface area contributed by atoms with Crippen molar-refractivity contribution in [2.75, 3.05) is 0 Å². The summed E-state index contributed by atoms with van der Waals surface area (Å²) in [5.74, 6) is -2.21. The van der Waals surface area contributed by atoms with E-state index in [-0.39, 0.29) is 5.56 Å². The van der Waals surface area contributed by atoms with Crippen molar-refractivity contribution in [3.8, 4) is 0 Å². The van der Waals surface area contributed by atoms with Crippen LogP contribution in [0.3, 0.4) is 0 Å². The standard InChI is InChI=1S/C19H23BrF2N2OS2/c1-5-6-8-13(12-9-7-10-14(21)15(12)22)16(17-18(20)23-11-26-17)24-27(25)19(2,3)4/h5,7,9-11,13,16,24H,1,6,8H2,2-4H3/t13-,16+,27?/m1/s1. The minimum atomic E-state index is -1.41. The van der Waals surface area contributed by atoms with E-state index < -0.39 is 39.7 Å². The van der Waals surface area contributed by atoms with Crippen LogP contribution < -0.4 is 4.72 Å². The molecule has 0 fully saturated rings. The monoisotopic (exact) mass is 476 g/mol. The number of thiazole rings is 1. The fourth-order valence-electron chi connectivity index (χ4n) is 2.66. The van der Waals surface area contributed by atoms with E-state index in [2.05, 4.69) is 32.2 Å². The second-order valence-corrected chi connectivity index (χ2v) is 10.7. The summed E-state index contributed by atoms with van der Waals surface area (Å²) in [6, 6.07) is 3.68. The third-order valence-corrected chi connectivity index (χ3v) is 7.47. The summed E-state index contributed by atoms with van der Waals surface area (Å²) >= 11 is 3.40. The van der Waals surface area contributed by atoms with Crippen LogP contribution in [-0.4, -0.2) is 14.3 Å². The van der Waals surface area contributed by atoms with Gasteiger partial charge in [-0.3, -0.25) is 0 Å². The van der Waals surface area contributed by atoms with E-state index in [1.165, 1.54) is 17.4 Å². The molecule has 0 saturated carbocycles. The second kappa shape index (κ2) is 9.60. The number of nitrogens with zero attached hydrogens (tertiary/aromatic N) is 1. The van der Waals surface area contributed by atoms with Crippen LogP contribution in [0, 0.1) is 11.6 Å². The van der Waals surface area contributed by atoms with Crippen LogP contribution in [0.2, 0.25) is 0 Å². The van der Waals surface area contributed by atoms with Gasteiger partial charge in [-0.05, 0) is 61.2 Å². The molecule has 2 aromatic rings. The molecule has 0 aliphatic carbocycles. The van der Waals surface area contributed by atoms with Gasteiger partial charge < -0.3 is 4.55 Å². The molecule has 3 nitrogen and oxygen atoms in total. The van der Waals surface area contributed by atoms with Gasteiger partial charge in [0.2, 0.25) is 0 Å². The van der Waals surface area contributed by atoms with Gasteiger partial charge in [-0.15, -0.1) is 22.6 Å². The molecule has 3 atom stereocenters. The average Bonchev–Trinajstić information content (AvgIpc) is 3.02. The molecular formula is C19H23BrF2N2OS2. The van der Waals surface area contributed by atoms with E-state index in [1.807, 2.05) is 20.8 Å². The maximum atomic E-state index is 14.6. The average molecular weight is 477 g/mol. The van der Waals surface area contributed by atoms with Crippen LogP contribution in [0.1, 0.15) is 56.0 Å². The Morgan fingerprint density at radius 2 is 2.11 bits per heavy atom. The van der Waals surface area contributed by atoms with Gasteiger partial charge in [0.25, 0.3) is 0 Å². The van der Waals surface area contributed by atoms with Gasteiger partial charge in [-0.1, -0.05) is 18.2 Å². The maximum Gasteiger partial charge on any atom is 0.162 e. The normalized spacial score (nSPS) is 15.4. The number of benzene rings is 1. The van der Waals surface area contributed by atoms with Gasteiger partial charge in [0.1, 0.15) is 9.35 Å². The third-order valence-electron chi connectivity index (χ3n) is 4.09. The first-order valence-corrected chi connectivity index (χ1v) is 11.3. The third kappa shape index (κ3) is 5.60. The Labute approximate surface area is 174 Å². The maximum absolute atomic E-state index is 14.6. The van der Waals surface area contributed by atoms with Crippen molar-refractivity contribution in [1.29, 1.82) is 0 Å². The number of allylic oxidation sites excluding steroid dienone is 1. The van der Waals surface area contributed by atoms with Crippen LogP contribution in [-0.2, 0) is 11.4 Å². The lowest BCUT2D eigenvalue weighted by Gasteiger charge is -2.32. The lowest BCUT2D eigenvalue weighted by molar-refractivity contribution is 0.434. The molecule has 148 valence electrons. The Kier molecular flexibility index (Phi) is 8.00. The van der Waals surface area contributed by atoms with E-state index in [0.717, 1.165) is 10.9 Å². The largest absolute Gasteiger partial charge is 0.598 e. The van der Waals surface area contributed by atoms with E-state index >= 15 is 0 Å². The molecule has 0 saturated heterocycles. The number of hydrogen-bond acceptors (Lipinski definition) is 4. The number of nitrogens with one attached hydrogen (secondary N) is 1. The van der Waals surface area contributed by atoms with Crippen molar-refractivity contribution in [2.45, 2.75) is 50.3 Å². The zero-order chi connectivity index (χ0) is 20.2. The number of aromatic nitrogens is 1. The van der Waals surface area contributed by atoms with Crippen LogP contribution in [0.5, 0.6) is 0 Å². The highest BCUT2D eigenvalue weighted by Gasteiger charge is 2.37. The minimum absolute atomic E-state index is 0.251. The smallest absolute Gasteiger partial charge is 0.162 e. The summed E-state index contributed by atoms with van der Waals surface area (Å²) in [6.45, 7) is 9.31. The Morgan fingerprint density at radius 3 is 2.67 bits per heavy atom. The minimum Gasteiger partial charge on any atom is -0.598 e. The van der Waals surface area contributed by atoms with E-state index in [9.17, 15) is 13.3 Å². The summed E-state index contributed by atoms with van der Waals surface area (Å²) in [7, 11) is 0. The lowest BCUT2D eigenvalue weighted by atomic mass is 9.86. The Bertz CT molecular complexity index is 779. The van der Waals surface area contributed by atoms with E-state index in [1.54, 1.807) is 17.7 Å². The van der Waals surface area contributed by atoms with Gasteiger partial charge in [0.05, 0.1) is 16.4 Å². The van der Waals surface area contributed by atoms with Crippen LogP contribution in [0.15, 0.2) is 41.0 Å². The molecule has 1 aromatic heterocycles. The van der Waals surface area contributed by atoms with Gasteiger partial charge >= 0.3 is 0 Å². The first-order chi connectivity index (χ1) is 12.7. The highest BCUT2D eigenvalue weighted by atomic mass is 79.9. The van der Waals surface area contributed by atoms with E-state index in [4.69, 9.17) is 0 Å². The molecule has 1 unspecified atom stereocenters. The molecule has 0 spiro atoms. The molecule has 0 amide bonds. The highest BCUT2D eigenvalue weighted by Crippen LogP contribution is 2.41. The summed E-state index contributed by atoms with van der Waals surface area (Å²) in [6.07, 6.45) is 2.87. The molecule has 0 aliphatic heterocycles. The first kappa shape index (κ1) is 22.5. The molecule has 27 heavy (non-hydrogen) atoms. The van der Waals surface area contributed by atoms with Crippen LogP contribution in [0.25, 0.3) is 0 Å². The summed E-state index contributed by atoms with van der Waals surface area (Å²) in [5, 5.41) is 0. The van der Waals surface area contributed by atoms with Crippen molar-refractivity contribution in [3.05, 3.63) is 63.0 Å². The Morgan fingerprint density at radius 1 is 1.41 bits per heavy atom. The second-order valence-electron chi connectivity index (χ2n) is 7.10. The molecule has 0 aliphatic rings. The predicted molar refractivity (Wildman–Crippen MR) is 112 cm³/mol. The fourth-order valence-corrected chi connectivity index (χ4v) is 5.16. The Hall–Kier alpha value is -0.800. The van der Waals surface area contributed by atoms with Gasteiger partial charge in [-0.2, -0.15) is 0 Å². The molecule has 1 heterocycles. The SMILES string of the molecule is C=CCC[C@H](c1cccc(F)c1F)[C@H](N[S+]([O-])C(C)(C)C)c1scnc1Br. The van der Waals surface area contributed by atoms with Crippen molar-refractivity contribution in [2.24, 2.45) is 0 Å². The number of hydrogen-bond donors (Lipinski definition) is 1. The molecule has 8 heteroatoms. The number of rotatable bonds is 8. The zero-order valence-corrected chi connectivity index (χ0v) is 18.7. The Balaban J connectivity index is 2.54. The first-order valence-electron chi connectivity index (χ1n) is 8.48. The van der Waals surface area contributed by atoms with Gasteiger partial charge in [0, 0.05) is 17.3 Å². The summed E-state index contributed by atoms with van der Waals surface area (Å²) in [5.41, 5.74) is 1.92. The van der Waals surface area contributed by atoms with Gasteiger partial charge in [0.15, 0.2) is 11.6 Å². The van der Waals surface area contributed by atoms with E-state index in [0.29, 0.717) is 17.4 Å².